The maximum absolute atomic E-state index is 12.0. The SMILES string of the molecule is CC(C)C(O)CNC(=O)c1ccc(OCc2ccccc2C#N)cc1. The largest absolute Gasteiger partial charge is 0.489 e. The Morgan fingerprint density at radius 3 is 2.52 bits per heavy atom. The first kappa shape index (κ1) is 18.5. The Morgan fingerprint density at radius 1 is 1.20 bits per heavy atom. The van der Waals surface area contributed by atoms with E-state index in [9.17, 15) is 9.90 Å². The number of rotatable bonds is 7. The Balaban J connectivity index is 1.91. The summed E-state index contributed by atoms with van der Waals surface area (Å²) in [5.41, 5.74) is 1.90. The van der Waals surface area contributed by atoms with Crippen LogP contribution < -0.4 is 10.1 Å². The summed E-state index contributed by atoms with van der Waals surface area (Å²) in [5, 5.41) is 21.5. The Morgan fingerprint density at radius 2 is 1.88 bits per heavy atom. The number of aliphatic hydroxyl groups excluding tert-OH is 1. The van der Waals surface area contributed by atoms with Crippen molar-refractivity contribution in [3.8, 4) is 11.8 Å². The summed E-state index contributed by atoms with van der Waals surface area (Å²) in [6.45, 7) is 4.30. The van der Waals surface area contributed by atoms with Gasteiger partial charge in [-0.15, -0.1) is 0 Å². The van der Waals surface area contributed by atoms with Crippen LogP contribution >= 0.6 is 0 Å². The van der Waals surface area contributed by atoms with Crippen molar-refractivity contribution < 1.29 is 14.6 Å². The van der Waals surface area contributed by atoms with Gasteiger partial charge in [0.05, 0.1) is 17.7 Å². The van der Waals surface area contributed by atoms with E-state index < -0.39 is 6.10 Å². The molecule has 2 aromatic carbocycles. The summed E-state index contributed by atoms with van der Waals surface area (Å²) in [6, 6.07) is 16.2. The number of ether oxygens (including phenoxy) is 1. The third kappa shape index (κ3) is 5.33. The molecule has 0 aliphatic heterocycles. The fourth-order valence-electron chi connectivity index (χ4n) is 2.15. The molecule has 2 N–H and O–H groups in total. The van der Waals surface area contributed by atoms with Crippen LogP contribution in [0.4, 0.5) is 0 Å². The van der Waals surface area contributed by atoms with Gasteiger partial charge in [-0.3, -0.25) is 4.79 Å². The average molecular weight is 338 g/mol. The van der Waals surface area contributed by atoms with Crippen molar-refractivity contribution in [3.63, 3.8) is 0 Å². The van der Waals surface area contributed by atoms with Gasteiger partial charge in [0, 0.05) is 17.7 Å². The van der Waals surface area contributed by atoms with Gasteiger partial charge >= 0.3 is 0 Å². The van der Waals surface area contributed by atoms with Crippen LogP contribution in [0.25, 0.3) is 0 Å². The minimum Gasteiger partial charge on any atom is -0.489 e. The normalized spacial score (nSPS) is 11.6. The third-order valence-corrected chi connectivity index (χ3v) is 3.89. The van der Waals surface area contributed by atoms with Crippen LogP contribution in [0.1, 0.15) is 35.3 Å². The highest BCUT2D eigenvalue weighted by molar-refractivity contribution is 5.94. The predicted molar refractivity (Wildman–Crippen MR) is 95.1 cm³/mol. The number of nitriles is 1. The number of aliphatic hydroxyl groups is 1. The molecule has 1 atom stereocenters. The molecule has 0 heterocycles. The Kier molecular flexibility index (Phi) is 6.55. The van der Waals surface area contributed by atoms with Crippen LogP contribution in [0.15, 0.2) is 48.5 Å². The Hall–Kier alpha value is -2.84. The number of benzene rings is 2. The maximum atomic E-state index is 12.0. The number of amides is 1. The lowest BCUT2D eigenvalue weighted by Crippen LogP contribution is -2.34. The molecule has 0 spiro atoms. The van der Waals surface area contributed by atoms with Crippen LogP contribution in [-0.2, 0) is 6.61 Å². The summed E-state index contributed by atoms with van der Waals surface area (Å²) >= 11 is 0. The molecule has 25 heavy (non-hydrogen) atoms. The molecule has 2 aromatic rings. The fraction of sp³-hybridized carbons (Fsp3) is 0.300. The molecule has 0 saturated carbocycles. The van der Waals surface area contributed by atoms with Gasteiger partial charge in [0.25, 0.3) is 5.91 Å². The van der Waals surface area contributed by atoms with Crippen LogP contribution in [0.5, 0.6) is 5.75 Å². The monoisotopic (exact) mass is 338 g/mol. The predicted octanol–water partition coefficient (Wildman–Crippen LogP) is 2.88. The molecule has 1 unspecified atom stereocenters. The van der Waals surface area contributed by atoms with E-state index >= 15 is 0 Å². The van der Waals surface area contributed by atoms with Gasteiger partial charge in [-0.25, -0.2) is 0 Å². The van der Waals surface area contributed by atoms with Crippen LogP contribution in [-0.4, -0.2) is 23.7 Å². The zero-order valence-electron chi connectivity index (χ0n) is 14.4. The number of hydrogen-bond donors (Lipinski definition) is 2. The molecular weight excluding hydrogens is 316 g/mol. The summed E-state index contributed by atoms with van der Waals surface area (Å²) < 4.78 is 5.68. The summed E-state index contributed by atoms with van der Waals surface area (Å²) in [6.07, 6.45) is -0.563. The van der Waals surface area contributed by atoms with E-state index in [-0.39, 0.29) is 25.0 Å². The molecule has 130 valence electrons. The van der Waals surface area contributed by atoms with Crippen molar-refractivity contribution in [2.24, 2.45) is 5.92 Å². The Bertz CT molecular complexity index is 748. The molecule has 0 aliphatic carbocycles. The molecule has 0 bridgehead atoms. The van der Waals surface area contributed by atoms with E-state index in [1.54, 1.807) is 30.3 Å². The van der Waals surface area contributed by atoms with Gasteiger partial charge in [-0.05, 0) is 36.2 Å². The first-order valence-corrected chi connectivity index (χ1v) is 8.18. The first-order chi connectivity index (χ1) is 12.0. The first-order valence-electron chi connectivity index (χ1n) is 8.18. The van der Waals surface area contributed by atoms with E-state index in [1.807, 2.05) is 32.0 Å². The van der Waals surface area contributed by atoms with E-state index in [1.165, 1.54) is 0 Å². The minimum atomic E-state index is -0.563. The second kappa shape index (κ2) is 8.86. The summed E-state index contributed by atoms with van der Waals surface area (Å²) in [4.78, 5) is 12.0. The summed E-state index contributed by atoms with van der Waals surface area (Å²) in [7, 11) is 0. The van der Waals surface area contributed by atoms with E-state index in [2.05, 4.69) is 11.4 Å². The number of carbonyl (C=O) groups excluding carboxylic acids is 1. The van der Waals surface area contributed by atoms with Gasteiger partial charge in [0.1, 0.15) is 12.4 Å². The minimum absolute atomic E-state index is 0.0902. The number of nitrogens with one attached hydrogen (secondary N) is 1. The van der Waals surface area contributed by atoms with Crippen molar-refractivity contribution in [3.05, 3.63) is 65.2 Å². The molecular formula is C20H22N2O3. The highest BCUT2D eigenvalue weighted by Gasteiger charge is 2.12. The van der Waals surface area contributed by atoms with Gasteiger partial charge in [-0.2, -0.15) is 5.26 Å². The molecule has 5 nitrogen and oxygen atoms in total. The molecule has 0 radical (unpaired) electrons. The van der Waals surface area contributed by atoms with E-state index in [4.69, 9.17) is 10.00 Å². The molecule has 1 amide bonds. The molecule has 0 aliphatic rings. The molecule has 0 saturated heterocycles. The highest BCUT2D eigenvalue weighted by Crippen LogP contribution is 2.16. The van der Waals surface area contributed by atoms with Crippen molar-refractivity contribution in [2.75, 3.05) is 6.54 Å². The van der Waals surface area contributed by atoms with E-state index in [0.29, 0.717) is 16.9 Å². The lowest BCUT2D eigenvalue weighted by atomic mass is 10.1. The van der Waals surface area contributed by atoms with E-state index in [0.717, 1.165) is 5.56 Å². The number of carbonyl (C=O) groups is 1. The van der Waals surface area contributed by atoms with Gasteiger partial charge in [-0.1, -0.05) is 32.0 Å². The molecule has 5 heteroatoms. The van der Waals surface area contributed by atoms with Gasteiger partial charge in [0.15, 0.2) is 0 Å². The number of hydrogen-bond acceptors (Lipinski definition) is 4. The Labute approximate surface area is 147 Å². The number of nitrogens with zero attached hydrogens (tertiary/aromatic N) is 1. The van der Waals surface area contributed by atoms with Crippen molar-refractivity contribution >= 4 is 5.91 Å². The quantitative estimate of drug-likeness (QED) is 0.813. The van der Waals surface area contributed by atoms with Crippen LogP contribution in [0, 0.1) is 17.2 Å². The lowest BCUT2D eigenvalue weighted by Gasteiger charge is -2.15. The van der Waals surface area contributed by atoms with Crippen molar-refractivity contribution in [1.29, 1.82) is 5.26 Å². The topological polar surface area (TPSA) is 82.3 Å². The average Bonchev–Trinajstić information content (AvgIpc) is 2.64. The second-order valence-electron chi connectivity index (χ2n) is 6.10. The summed E-state index contributed by atoms with van der Waals surface area (Å²) in [5.74, 6) is 0.472. The van der Waals surface area contributed by atoms with Crippen molar-refractivity contribution in [1.82, 2.24) is 5.32 Å². The smallest absolute Gasteiger partial charge is 0.251 e. The zero-order chi connectivity index (χ0) is 18.2. The lowest BCUT2D eigenvalue weighted by molar-refractivity contribution is 0.0871. The van der Waals surface area contributed by atoms with Crippen molar-refractivity contribution in [2.45, 2.75) is 26.6 Å². The van der Waals surface area contributed by atoms with Gasteiger partial charge < -0.3 is 15.2 Å². The maximum Gasteiger partial charge on any atom is 0.251 e. The van der Waals surface area contributed by atoms with Gasteiger partial charge in [0.2, 0.25) is 0 Å². The second-order valence-corrected chi connectivity index (χ2v) is 6.10. The molecule has 0 fully saturated rings. The zero-order valence-corrected chi connectivity index (χ0v) is 14.4. The third-order valence-electron chi connectivity index (χ3n) is 3.89. The standard InChI is InChI=1S/C20H22N2O3/c1-14(2)19(23)12-22-20(24)15-7-9-18(10-8-15)25-13-17-6-4-3-5-16(17)11-21/h3-10,14,19,23H,12-13H2,1-2H3,(H,22,24). The highest BCUT2D eigenvalue weighted by atomic mass is 16.5. The van der Waals surface area contributed by atoms with Crippen LogP contribution in [0.3, 0.4) is 0 Å². The molecule has 0 aromatic heterocycles. The van der Waals surface area contributed by atoms with Crippen LogP contribution in [0.2, 0.25) is 0 Å². The fourth-order valence-corrected chi connectivity index (χ4v) is 2.15. The molecule has 2 rings (SSSR count).